The first-order valence-corrected chi connectivity index (χ1v) is 27.3. The Bertz CT molecular complexity index is 1700. The minimum atomic E-state index is -5.42. The summed E-state index contributed by atoms with van der Waals surface area (Å²) in [5.41, 5.74) is 4.58. The molecule has 1 aliphatic rings. The number of allylic oxidation sites excluding steroid dienone is 4. The summed E-state index contributed by atoms with van der Waals surface area (Å²) >= 11 is 0. The number of hydrogen-bond donors (Lipinski definition) is 5. The molecule has 1 saturated heterocycles. The van der Waals surface area contributed by atoms with Gasteiger partial charge in [0.1, 0.15) is 30.7 Å². The molecule has 0 bridgehead atoms. The SMILES string of the molecule is CCCCC/C=C\C/C=C\CCCCCCCC(=O)O[C@H](COC(=O)CCCCCCCCCCCCCCC)COP(=O)(O)OP(=O)(O)OC[C@H]1O[C@@H](n2ccc(N)nc2=O)C(O)[C@H]1O. The van der Waals surface area contributed by atoms with Gasteiger partial charge < -0.3 is 39.9 Å². The molecule has 0 amide bonds. The molecular formula is C46H81N3O15P2. The number of nitrogen functional groups attached to an aromatic ring is 1. The third-order valence-corrected chi connectivity index (χ3v) is 13.6. The Morgan fingerprint density at radius 2 is 1.23 bits per heavy atom. The van der Waals surface area contributed by atoms with Gasteiger partial charge in [0.2, 0.25) is 0 Å². The van der Waals surface area contributed by atoms with Gasteiger partial charge in [-0.1, -0.05) is 147 Å². The van der Waals surface area contributed by atoms with Crippen LogP contribution in [0.2, 0.25) is 0 Å². The van der Waals surface area contributed by atoms with Crippen LogP contribution in [-0.2, 0) is 46.3 Å². The molecule has 380 valence electrons. The maximum Gasteiger partial charge on any atom is 0.481 e. The molecule has 2 rings (SSSR count). The van der Waals surface area contributed by atoms with E-state index in [1.807, 2.05) is 0 Å². The van der Waals surface area contributed by atoms with Gasteiger partial charge in [-0.15, -0.1) is 0 Å². The van der Waals surface area contributed by atoms with E-state index in [0.29, 0.717) is 12.8 Å². The summed E-state index contributed by atoms with van der Waals surface area (Å²) in [7, 11) is -10.8. The van der Waals surface area contributed by atoms with E-state index in [1.165, 1.54) is 76.7 Å². The van der Waals surface area contributed by atoms with Crippen LogP contribution in [0.25, 0.3) is 0 Å². The van der Waals surface area contributed by atoms with E-state index in [-0.39, 0.29) is 18.7 Å². The van der Waals surface area contributed by atoms with Crippen LogP contribution < -0.4 is 11.4 Å². The molecule has 20 heteroatoms. The topological polar surface area (TPSA) is 265 Å². The molecule has 0 spiro atoms. The predicted molar refractivity (Wildman–Crippen MR) is 252 cm³/mol. The van der Waals surface area contributed by atoms with Crippen LogP contribution in [0.1, 0.15) is 187 Å². The third-order valence-electron chi connectivity index (χ3n) is 11.0. The number of carbonyl (C=O) groups is 2. The Morgan fingerprint density at radius 1 is 0.727 bits per heavy atom. The number of nitrogens with zero attached hydrogens (tertiary/aromatic N) is 2. The molecule has 18 nitrogen and oxygen atoms in total. The van der Waals surface area contributed by atoms with Crippen molar-refractivity contribution in [2.45, 2.75) is 211 Å². The van der Waals surface area contributed by atoms with E-state index in [2.05, 4.69) is 47.4 Å². The summed E-state index contributed by atoms with van der Waals surface area (Å²) in [6.45, 7) is 2.11. The number of carbonyl (C=O) groups excluding carboxylic acids is 2. The van der Waals surface area contributed by atoms with Crippen molar-refractivity contribution in [3.05, 3.63) is 47.1 Å². The fourth-order valence-corrected chi connectivity index (χ4v) is 9.34. The Morgan fingerprint density at radius 3 is 1.80 bits per heavy atom. The van der Waals surface area contributed by atoms with E-state index >= 15 is 0 Å². The van der Waals surface area contributed by atoms with Gasteiger partial charge in [0.25, 0.3) is 0 Å². The van der Waals surface area contributed by atoms with E-state index in [4.69, 9.17) is 29.0 Å². The number of ether oxygens (including phenoxy) is 3. The minimum absolute atomic E-state index is 0.0367. The number of esters is 2. The quantitative estimate of drug-likeness (QED) is 0.0177. The van der Waals surface area contributed by atoms with Crippen LogP contribution in [0, 0.1) is 0 Å². The highest BCUT2D eigenvalue weighted by Gasteiger charge is 2.46. The van der Waals surface area contributed by atoms with Crippen molar-refractivity contribution in [2.75, 3.05) is 25.6 Å². The number of anilines is 1. The molecule has 1 aliphatic heterocycles. The number of rotatable bonds is 40. The van der Waals surface area contributed by atoms with Crippen molar-refractivity contribution in [1.29, 1.82) is 0 Å². The average Bonchev–Trinajstić information content (AvgIpc) is 3.55. The van der Waals surface area contributed by atoms with Crippen LogP contribution in [0.15, 0.2) is 41.4 Å². The molecule has 1 fully saturated rings. The molecular weight excluding hydrogens is 896 g/mol. The lowest BCUT2D eigenvalue weighted by Gasteiger charge is -2.21. The zero-order valence-electron chi connectivity index (χ0n) is 39.5. The summed E-state index contributed by atoms with van der Waals surface area (Å²) in [5.74, 6) is -1.30. The van der Waals surface area contributed by atoms with E-state index in [1.54, 1.807) is 0 Å². The molecule has 1 aromatic heterocycles. The lowest BCUT2D eigenvalue weighted by atomic mass is 10.0. The average molecular weight is 978 g/mol. The van der Waals surface area contributed by atoms with Crippen LogP contribution in [0.3, 0.4) is 0 Å². The molecule has 1 aromatic rings. The summed E-state index contributed by atoms with van der Waals surface area (Å²) in [5, 5.41) is 20.9. The van der Waals surface area contributed by atoms with Crippen molar-refractivity contribution >= 4 is 33.4 Å². The van der Waals surface area contributed by atoms with Gasteiger partial charge in [-0.3, -0.25) is 23.2 Å². The maximum atomic E-state index is 12.8. The van der Waals surface area contributed by atoms with Crippen LogP contribution >= 0.6 is 15.6 Å². The second-order valence-electron chi connectivity index (χ2n) is 17.0. The van der Waals surface area contributed by atoms with Crippen molar-refractivity contribution in [3.8, 4) is 0 Å². The predicted octanol–water partition coefficient (Wildman–Crippen LogP) is 9.45. The number of hydrogen-bond acceptors (Lipinski definition) is 15. The monoisotopic (exact) mass is 978 g/mol. The second kappa shape index (κ2) is 35.4. The number of phosphoric acid groups is 2. The Labute approximate surface area is 392 Å². The van der Waals surface area contributed by atoms with Crippen molar-refractivity contribution < 1.29 is 66.3 Å². The molecule has 7 atom stereocenters. The molecule has 0 radical (unpaired) electrons. The Kier molecular flexibility index (Phi) is 31.8. The van der Waals surface area contributed by atoms with Gasteiger partial charge in [0.15, 0.2) is 12.3 Å². The fourth-order valence-electron chi connectivity index (χ4n) is 7.23. The zero-order chi connectivity index (χ0) is 48.5. The normalized spacial score (nSPS) is 19.8. The zero-order valence-corrected chi connectivity index (χ0v) is 41.3. The van der Waals surface area contributed by atoms with Gasteiger partial charge in [0.05, 0.1) is 13.2 Å². The molecule has 0 aliphatic carbocycles. The van der Waals surface area contributed by atoms with Gasteiger partial charge in [-0.2, -0.15) is 9.29 Å². The van der Waals surface area contributed by atoms with E-state index < -0.39 is 83.7 Å². The molecule has 2 heterocycles. The van der Waals surface area contributed by atoms with E-state index in [9.17, 15) is 43.5 Å². The van der Waals surface area contributed by atoms with Crippen LogP contribution in [0.5, 0.6) is 0 Å². The molecule has 66 heavy (non-hydrogen) atoms. The number of unbranched alkanes of at least 4 members (excludes halogenated alkanes) is 20. The summed E-state index contributed by atoms with van der Waals surface area (Å²) < 4.78 is 56.7. The summed E-state index contributed by atoms with van der Waals surface area (Å²) in [6, 6.07) is 1.25. The largest absolute Gasteiger partial charge is 0.481 e. The van der Waals surface area contributed by atoms with Crippen LogP contribution in [0.4, 0.5) is 5.82 Å². The number of phosphoric ester groups is 2. The third kappa shape index (κ3) is 27.9. The second-order valence-corrected chi connectivity index (χ2v) is 20.0. The maximum absolute atomic E-state index is 12.8. The molecule has 0 saturated carbocycles. The number of aliphatic hydroxyl groups excluding tert-OH is 2. The van der Waals surface area contributed by atoms with Gasteiger partial charge in [-0.05, 0) is 51.0 Å². The Balaban J connectivity index is 1.82. The number of aliphatic hydroxyl groups is 2. The number of nitrogens with two attached hydrogens (primary N) is 1. The van der Waals surface area contributed by atoms with Gasteiger partial charge >= 0.3 is 33.3 Å². The first kappa shape index (κ1) is 59.4. The van der Waals surface area contributed by atoms with Gasteiger partial charge in [0, 0.05) is 19.0 Å². The summed E-state index contributed by atoms with van der Waals surface area (Å²) in [4.78, 5) is 61.8. The lowest BCUT2D eigenvalue weighted by molar-refractivity contribution is -0.161. The fraction of sp³-hybridized carbons (Fsp3) is 0.783. The first-order chi connectivity index (χ1) is 31.7. The summed E-state index contributed by atoms with van der Waals surface area (Å²) in [6.07, 6.45) is 28.3. The Hall–Kier alpha value is -2.76. The molecule has 0 aromatic carbocycles. The van der Waals surface area contributed by atoms with Gasteiger partial charge in [-0.25, -0.2) is 13.9 Å². The van der Waals surface area contributed by atoms with Crippen LogP contribution in [-0.4, -0.2) is 85.7 Å². The smallest absolute Gasteiger partial charge is 0.462 e. The number of aromatic nitrogens is 2. The first-order valence-electron chi connectivity index (χ1n) is 24.3. The highest BCUT2D eigenvalue weighted by Crippen LogP contribution is 2.60. The minimum Gasteiger partial charge on any atom is -0.462 e. The van der Waals surface area contributed by atoms with E-state index in [0.717, 1.165) is 81.4 Å². The molecule has 6 N–H and O–H groups in total. The van der Waals surface area contributed by atoms with Crippen molar-refractivity contribution in [2.24, 2.45) is 0 Å². The lowest BCUT2D eigenvalue weighted by Crippen LogP contribution is -2.36. The van der Waals surface area contributed by atoms with Crippen molar-refractivity contribution in [1.82, 2.24) is 9.55 Å². The van der Waals surface area contributed by atoms with Crippen molar-refractivity contribution in [3.63, 3.8) is 0 Å². The standard InChI is InChI=1S/C46H81N3O15P2/c1-3-5-7-9-11-13-15-17-18-20-22-24-26-28-30-32-42(51)62-38(35-59-41(50)31-29-27-25-23-21-19-16-14-12-10-8-6-4-2)36-60-65(55,56)64-66(57,58)61-37-39-43(52)44(53)45(63-39)49-34-33-40(47)48-46(49)54/h11,13,17-18,33-34,38-39,43-45,52-53H,3-10,12,14-16,19-32,35-37H2,1-2H3,(H,55,56)(H,57,58)(H2,47,48,54)/b13-11-,18-17-/t38-,39-,43+,44?,45-/m1/s1. The highest BCUT2D eigenvalue weighted by molar-refractivity contribution is 7.61. The molecule has 3 unspecified atom stereocenters. The highest BCUT2D eigenvalue weighted by atomic mass is 31.3.